The number of hydrogen-bond acceptors (Lipinski definition) is 8. The third kappa shape index (κ3) is 14.1. The minimum Gasteiger partial charge on any atom is -0.443 e. The summed E-state index contributed by atoms with van der Waals surface area (Å²) in [5.74, 6) is 0. The van der Waals surface area contributed by atoms with Gasteiger partial charge in [-0.25, -0.2) is 19.2 Å². The molecule has 4 fully saturated rings. The van der Waals surface area contributed by atoms with Crippen LogP contribution in [0.2, 0.25) is 0 Å². The molecule has 0 radical (unpaired) electrons. The van der Waals surface area contributed by atoms with Gasteiger partial charge in [0.25, 0.3) is 0 Å². The molecule has 4 aliphatic heterocycles. The van der Waals surface area contributed by atoms with E-state index in [9.17, 15) is 19.2 Å². The molecule has 320 valence electrons. The number of alkyl carbamates (subject to hydrolysis) is 4. The van der Waals surface area contributed by atoms with Crippen LogP contribution in [0.15, 0.2) is 121 Å². The maximum absolute atomic E-state index is 11.3. The SMILES string of the molecule is CC1(C)C[C@H](c2ccccc2)NC(=O)O1.CC1(C)C[C@H](c2ccccc2)NC(=O)O1.CC1(C)C[C@H](c2ccccc2)NC(=O)O1.CC1(C)C[C@H](c2ccccc2)NC(=O)O1. The summed E-state index contributed by atoms with van der Waals surface area (Å²) in [7, 11) is 0. The van der Waals surface area contributed by atoms with Crippen LogP contribution in [0.1, 0.15) is 127 Å². The van der Waals surface area contributed by atoms with Gasteiger partial charge in [-0.3, -0.25) is 0 Å². The van der Waals surface area contributed by atoms with E-state index in [1.807, 2.05) is 177 Å². The molecular formula is C48H60N4O8. The monoisotopic (exact) mass is 820 g/mol. The second kappa shape index (κ2) is 19.4. The van der Waals surface area contributed by atoms with Gasteiger partial charge in [0.1, 0.15) is 22.4 Å². The van der Waals surface area contributed by atoms with Gasteiger partial charge < -0.3 is 40.2 Å². The van der Waals surface area contributed by atoms with Gasteiger partial charge in [0.2, 0.25) is 0 Å². The lowest BCUT2D eigenvalue weighted by Gasteiger charge is -2.35. The molecule has 0 bridgehead atoms. The van der Waals surface area contributed by atoms with Crippen LogP contribution in [-0.4, -0.2) is 46.8 Å². The molecular weight excluding hydrogens is 761 g/mol. The van der Waals surface area contributed by atoms with Gasteiger partial charge >= 0.3 is 24.4 Å². The Labute approximate surface area is 354 Å². The molecule has 60 heavy (non-hydrogen) atoms. The van der Waals surface area contributed by atoms with Crippen LogP contribution in [0.25, 0.3) is 0 Å². The van der Waals surface area contributed by atoms with Gasteiger partial charge in [0.05, 0.1) is 24.2 Å². The topological polar surface area (TPSA) is 153 Å². The molecule has 4 saturated heterocycles. The highest BCUT2D eigenvalue weighted by atomic mass is 16.6. The minimum atomic E-state index is -0.386. The third-order valence-corrected chi connectivity index (χ3v) is 10.2. The van der Waals surface area contributed by atoms with Crippen molar-refractivity contribution in [1.82, 2.24) is 21.3 Å². The van der Waals surface area contributed by atoms with Gasteiger partial charge in [-0.1, -0.05) is 121 Å². The zero-order valence-electron chi connectivity index (χ0n) is 36.0. The average Bonchev–Trinajstić information content (AvgIpc) is 3.17. The molecule has 4 aromatic carbocycles. The van der Waals surface area contributed by atoms with E-state index in [0.29, 0.717) is 0 Å². The summed E-state index contributed by atoms with van der Waals surface area (Å²) in [5.41, 5.74) is 2.96. The maximum Gasteiger partial charge on any atom is 0.408 e. The van der Waals surface area contributed by atoms with Crippen molar-refractivity contribution < 1.29 is 38.1 Å². The zero-order chi connectivity index (χ0) is 43.6. The number of rotatable bonds is 4. The number of amides is 4. The lowest BCUT2D eigenvalue weighted by Crippen LogP contribution is -2.45. The van der Waals surface area contributed by atoms with Gasteiger partial charge in [-0.2, -0.15) is 0 Å². The van der Waals surface area contributed by atoms with Gasteiger partial charge in [0.15, 0.2) is 0 Å². The van der Waals surface area contributed by atoms with Gasteiger partial charge in [0, 0.05) is 25.7 Å². The van der Waals surface area contributed by atoms with E-state index in [4.69, 9.17) is 18.9 Å². The van der Waals surface area contributed by atoms with E-state index in [1.54, 1.807) is 0 Å². The summed E-state index contributed by atoms with van der Waals surface area (Å²) in [6.45, 7) is 15.5. The summed E-state index contributed by atoms with van der Waals surface area (Å²) < 4.78 is 20.7. The molecule has 0 unspecified atom stereocenters. The number of carbonyl (C=O) groups is 4. The summed E-state index contributed by atoms with van der Waals surface area (Å²) in [6.07, 6.45) is 1.84. The molecule has 4 amide bonds. The average molecular weight is 821 g/mol. The first-order valence-electron chi connectivity index (χ1n) is 20.4. The lowest BCUT2D eigenvalue weighted by molar-refractivity contribution is -0.00125. The Kier molecular flexibility index (Phi) is 14.5. The van der Waals surface area contributed by atoms with Crippen LogP contribution in [0.3, 0.4) is 0 Å². The fourth-order valence-corrected chi connectivity index (χ4v) is 7.57. The van der Waals surface area contributed by atoms with Crippen molar-refractivity contribution in [2.24, 2.45) is 0 Å². The second-order valence-electron chi connectivity index (χ2n) is 17.8. The molecule has 0 aliphatic carbocycles. The van der Waals surface area contributed by atoms with Crippen molar-refractivity contribution in [3.05, 3.63) is 144 Å². The molecule has 12 nitrogen and oxygen atoms in total. The molecule has 4 aromatic rings. The maximum atomic E-state index is 11.3. The van der Waals surface area contributed by atoms with E-state index in [1.165, 1.54) is 0 Å². The van der Waals surface area contributed by atoms with Crippen molar-refractivity contribution in [1.29, 1.82) is 0 Å². The summed E-state index contributed by atoms with van der Waals surface area (Å²) >= 11 is 0. The Morgan fingerprint density at radius 3 is 0.650 bits per heavy atom. The summed E-state index contributed by atoms with van der Waals surface area (Å²) in [4.78, 5) is 45.3. The van der Waals surface area contributed by atoms with Gasteiger partial charge in [-0.05, 0) is 77.6 Å². The first-order chi connectivity index (χ1) is 28.3. The fraction of sp³-hybridized carbons (Fsp3) is 0.417. The van der Waals surface area contributed by atoms with E-state index >= 15 is 0 Å². The van der Waals surface area contributed by atoms with E-state index in [2.05, 4.69) is 21.3 Å². The van der Waals surface area contributed by atoms with Crippen LogP contribution in [0.4, 0.5) is 19.2 Å². The molecule has 12 heteroatoms. The predicted molar refractivity (Wildman–Crippen MR) is 230 cm³/mol. The van der Waals surface area contributed by atoms with E-state index < -0.39 is 0 Å². The largest absolute Gasteiger partial charge is 0.443 e. The second-order valence-corrected chi connectivity index (χ2v) is 17.8. The fourth-order valence-electron chi connectivity index (χ4n) is 7.57. The number of hydrogen-bond donors (Lipinski definition) is 4. The number of nitrogens with one attached hydrogen (secondary N) is 4. The molecule has 4 N–H and O–H groups in total. The Morgan fingerprint density at radius 1 is 0.333 bits per heavy atom. The third-order valence-electron chi connectivity index (χ3n) is 10.2. The minimum absolute atomic E-state index is 0.0578. The predicted octanol–water partition coefficient (Wildman–Crippen LogP) is 10.5. The Morgan fingerprint density at radius 2 is 0.500 bits per heavy atom. The highest BCUT2D eigenvalue weighted by Crippen LogP contribution is 2.33. The van der Waals surface area contributed by atoms with Crippen LogP contribution in [0, 0.1) is 0 Å². The van der Waals surface area contributed by atoms with Crippen molar-refractivity contribution in [3.8, 4) is 0 Å². The molecule has 0 aromatic heterocycles. The smallest absolute Gasteiger partial charge is 0.408 e. The van der Waals surface area contributed by atoms with Crippen LogP contribution >= 0.6 is 0 Å². The van der Waals surface area contributed by atoms with E-state index in [0.717, 1.165) is 47.9 Å². The quantitative estimate of drug-likeness (QED) is 0.148. The molecule has 0 saturated carbocycles. The van der Waals surface area contributed by atoms with Crippen LogP contribution in [0.5, 0.6) is 0 Å². The Bertz CT molecular complexity index is 1730. The lowest BCUT2D eigenvalue weighted by atomic mass is 9.92. The molecule has 0 spiro atoms. The molecule has 8 rings (SSSR count). The van der Waals surface area contributed by atoms with Crippen molar-refractivity contribution in [3.63, 3.8) is 0 Å². The number of benzene rings is 4. The van der Waals surface area contributed by atoms with Crippen LogP contribution in [-0.2, 0) is 18.9 Å². The molecule has 4 atom stereocenters. The standard InChI is InChI=1S/4C12H15NO2/c4*1-12(2)8-10(13-11(14)15-12)9-6-4-3-5-7-9/h4*3-7,10H,8H2,1-2H3,(H,13,14)/t4*10-/m1111/s1. The normalized spacial score (nSPS) is 24.1. The number of carbonyl (C=O) groups excluding carboxylic acids is 4. The van der Waals surface area contributed by atoms with Crippen molar-refractivity contribution >= 4 is 24.4 Å². The van der Waals surface area contributed by atoms with Gasteiger partial charge in [-0.15, -0.1) is 0 Å². The zero-order valence-corrected chi connectivity index (χ0v) is 36.0. The summed E-state index contributed by atoms with van der Waals surface area (Å²) in [5, 5.41) is 11.3. The highest BCUT2D eigenvalue weighted by molar-refractivity contribution is 5.71. The number of ether oxygens (including phenoxy) is 4. The first-order valence-corrected chi connectivity index (χ1v) is 20.4. The highest BCUT2D eigenvalue weighted by Gasteiger charge is 2.37. The first kappa shape index (κ1) is 45.1. The summed E-state index contributed by atoms with van der Waals surface area (Å²) in [6, 6.07) is 40.1. The Balaban J connectivity index is 0.000000152. The molecule has 4 aliphatic rings. The molecule has 4 heterocycles. The van der Waals surface area contributed by atoms with Crippen LogP contribution < -0.4 is 21.3 Å². The van der Waals surface area contributed by atoms with E-state index in [-0.39, 0.29) is 70.9 Å². The Hall–Kier alpha value is -6.04. The van der Waals surface area contributed by atoms with Crippen molar-refractivity contribution in [2.75, 3.05) is 0 Å². The number of cyclic esters (lactones) is 4. The van der Waals surface area contributed by atoms with Crippen molar-refractivity contribution in [2.45, 2.75) is 128 Å².